The molecule has 0 aliphatic carbocycles. The molecule has 0 aliphatic rings. The normalized spacial score (nSPS) is 10.3. The third-order valence-corrected chi connectivity index (χ3v) is 3.78. The fourth-order valence-corrected chi connectivity index (χ4v) is 2.50. The Bertz CT molecular complexity index is 699. The molecule has 1 aromatic carbocycles. The summed E-state index contributed by atoms with van der Waals surface area (Å²) in [7, 11) is 1.83. The van der Waals surface area contributed by atoms with Crippen molar-refractivity contribution < 1.29 is 4.74 Å². The smallest absolute Gasteiger partial charge is 0.219 e. The minimum Gasteiger partial charge on any atom is -0.472 e. The van der Waals surface area contributed by atoms with Gasteiger partial charge in [0.25, 0.3) is 0 Å². The molecular weight excluding hydrogens is 282 g/mol. The summed E-state index contributed by atoms with van der Waals surface area (Å²) in [6.07, 6.45) is 0. The third kappa shape index (κ3) is 3.38. The zero-order valence-electron chi connectivity index (χ0n) is 11.6. The van der Waals surface area contributed by atoms with Crippen LogP contribution in [0, 0.1) is 0 Å². The second-order valence-electron chi connectivity index (χ2n) is 4.40. The summed E-state index contributed by atoms with van der Waals surface area (Å²) in [6.45, 7) is 0.520. The number of nitrogens with one attached hydrogen (secondary N) is 1. The van der Waals surface area contributed by atoms with E-state index in [1.54, 1.807) is 17.4 Å². The average Bonchev–Trinajstić information content (AvgIpc) is 3.07. The van der Waals surface area contributed by atoms with E-state index in [-0.39, 0.29) is 0 Å². The summed E-state index contributed by atoms with van der Waals surface area (Å²) in [6, 6.07) is 15.7. The van der Waals surface area contributed by atoms with Gasteiger partial charge in [-0.2, -0.15) is 4.98 Å². The number of rotatable bonds is 5. The lowest BCUT2D eigenvalue weighted by atomic mass is 10.2. The summed E-state index contributed by atoms with van der Waals surface area (Å²) >= 11 is 1.67. The molecule has 3 aromatic rings. The molecule has 5 heteroatoms. The number of benzene rings is 1. The highest BCUT2D eigenvalue weighted by atomic mass is 32.1. The molecule has 0 bridgehead atoms. The van der Waals surface area contributed by atoms with Crippen LogP contribution >= 0.6 is 11.3 Å². The van der Waals surface area contributed by atoms with Gasteiger partial charge >= 0.3 is 0 Å². The first-order valence-corrected chi connectivity index (χ1v) is 7.50. The van der Waals surface area contributed by atoms with Crippen LogP contribution in [0.5, 0.6) is 5.88 Å². The van der Waals surface area contributed by atoms with E-state index in [4.69, 9.17) is 4.74 Å². The Morgan fingerprint density at radius 2 is 1.95 bits per heavy atom. The Labute approximate surface area is 127 Å². The topological polar surface area (TPSA) is 47.0 Å². The number of thiophene rings is 1. The van der Waals surface area contributed by atoms with Gasteiger partial charge in [0.2, 0.25) is 5.88 Å². The van der Waals surface area contributed by atoms with Crippen LogP contribution in [0.4, 0.5) is 5.82 Å². The van der Waals surface area contributed by atoms with Crippen molar-refractivity contribution in [3.8, 4) is 17.3 Å². The van der Waals surface area contributed by atoms with Crippen molar-refractivity contribution >= 4 is 17.2 Å². The second kappa shape index (κ2) is 6.37. The van der Waals surface area contributed by atoms with Crippen molar-refractivity contribution in [1.82, 2.24) is 9.97 Å². The highest BCUT2D eigenvalue weighted by Gasteiger charge is 2.07. The molecule has 4 nitrogen and oxygen atoms in total. The van der Waals surface area contributed by atoms with Gasteiger partial charge in [0, 0.05) is 23.6 Å². The fourth-order valence-electron chi connectivity index (χ4n) is 1.88. The summed E-state index contributed by atoms with van der Waals surface area (Å²) < 4.78 is 5.77. The molecule has 0 aliphatic heterocycles. The van der Waals surface area contributed by atoms with Crippen LogP contribution < -0.4 is 10.1 Å². The lowest BCUT2D eigenvalue weighted by Crippen LogP contribution is -2.01. The predicted molar refractivity (Wildman–Crippen MR) is 85.7 cm³/mol. The standard InChI is InChI=1S/C16H15N3OS/c1-17-14-10-15(20-11-13-8-5-9-21-13)19-16(18-14)12-6-3-2-4-7-12/h2-10H,11H2,1H3,(H,17,18,19). The minimum absolute atomic E-state index is 0.520. The molecule has 0 unspecified atom stereocenters. The van der Waals surface area contributed by atoms with Crippen molar-refractivity contribution in [3.05, 3.63) is 58.8 Å². The second-order valence-corrected chi connectivity index (χ2v) is 5.43. The van der Waals surface area contributed by atoms with E-state index in [1.807, 2.05) is 54.9 Å². The van der Waals surface area contributed by atoms with Crippen LogP contribution in [0.3, 0.4) is 0 Å². The van der Waals surface area contributed by atoms with Crippen LogP contribution in [0.15, 0.2) is 53.9 Å². The lowest BCUT2D eigenvalue weighted by Gasteiger charge is -2.09. The molecule has 1 N–H and O–H groups in total. The van der Waals surface area contributed by atoms with Gasteiger partial charge in [0.05, 0.1) is 0 Å². The lowest BCUT2D eigenvalue weighted by molar-refractivity contribution is 0.297. The first-order chi connectivity index (χ1) is 10.3. The SMILES string of the molecule is CNc1cc(OCc2cccs2)nc(-c2ccccc2)n1. The Morgan fingerprint density at radius 1 is 1.10 bits per heavy atom. The molecule has 0 spiro atoms. The molecule has 0 atom stereocenters. The van der Waals surface area contributed by atoms with Crippen molar-refractivity contribution in [3.63, 3.8) is 0 Å². The molecule has 2 aromatic heterocycles. The van der Waals surface area contributed by atoms with E-state index in [0.29, 0.717) is 18.3 Å². The van der Waals surface area contributed by atoms with Crippen molar-refractivity contribution in [1.29, 1.82) is 0 Å². The maximum Gasteiger partial charge on any atom is 0.219 e. The quantitative estimate of drug-likeness (QED) is 0.777. The predicted octanol–water partition coefficient (Wildman–Crippen LogP) is 3.83. The number of hydrogen-bond acceptors (Lipinski definition) is 5. The van der Waals surface area contributed by atoms with Gasteiger partial charge in [-0.05, 0) is 11.4 Å². The average molecular weight is 297 g/mol. The van der Waals surface area contributed by atoms with Crippen molar-refractivity contribution in [2.75, 3.05) is 12.4 Å². The van der Waals surface area contributed by atoms with Crippen LogP contribution in [-0.2, 0) is 6.61 Å². The molecule has 0 saturated heterocycles. The minimum atomic E-state index is 0.520. The van der Waals surface area contributed by atoms with E-state index >= 15 is 0 Å². The van der Waals surface area contributed by atoms with E-state index in [9.17, 15) is 0 Å². The molecule has 21 heavy (non-hydrogen) atoms. The van der Waals surface area contributed by atoms with E-state index < -0.39 is 0 Å². The highest BCUT2D eigenvalue weighted by Crippen LogP contribution is 2.22. The molecule has 3 rings (SSSR count). The van der Waals surface area contributed by atoms with Crippen molar-refractivity contribution in [2.24, 2.45) is 0 Å². The van der Waals surface area contributed by atoms with E-state index in [1.165, 1.54) is 4.88 Å². The molecule has 2 heterocycles. The number of anilines is 1. The molecule has 0 amide bonds. The number of nitrogens with zero attached hydrogens (tertiary/aromatic N) is 2. The van der Waals surface area contributed by atoms with Crippen LogP contribution in [0.25, 0.3) is 11.4 Å². The Kier molecular flexibility index (Phi) is 4.12. The molecule has 0 fully saturated rings. The first kappa shape index (κ1) is 13.6. The maximum absolute atomic E-state index is 5.77. The summed E-state index contributed by atoms with van der Waals surface area (Å²) in [5.74, 6) is 1.97. The molecule has 0 radical (unpaired) electrons. The zero-order chi connectivity index (χ0) is 14.5. The van der Waals surface area contributed by atoms with Gasteiger partial charge in [0.15, 0.2) is 5.82 Å². The zero-order valence-corrected chi connectivity index (χ0v) is 12.4. The summed E-state index contributed by atoms with van der Waals surface area (Å²) in [5, 5.41) is 5.08. The Hall–Kier alpha value is -2.40. The van der Waals surface area contributed by atoms with Gasteiger partial charge in [-0.3, -0.25) is 0 Å². The Balaban J connectivity index is 1.86. The molecular formula is C16H15N3OS. The van der Waals surface area contributed by atoms with E-state index in [0.717, 1.165) is 11.4 Å². The number of ether oxygens (including phenoxy) is 1. The highest BCUT2D eigenvalue weighted by molar-refractivity contribution is 7.09. The first-order valence-electron chi connectivity index (χ1n) is 6.62. The van der Waals surface area contributed by atoms with Crippen LogP contribution in [0.2, 0.25) is 0 Å². The summed E-state index contributed by atoms with van der Waals surface area (Å²) in [5.41, 5.74) is 0.968. The van der Waals surface area contributed by atoms with Gasteiger partial charge in [-0.25, -0.2) is 4.98 Å². The fraction of sp³-hybridized carbons (Fsp3) is 0.125. The molecule has 106 valence electrons. The maximum atomic E-state index is 5.77. The summed E-state index contributed by atoms with van der Waals surface area (Å²) in [4.78, 5) is 10.1. The van der Waals surface area contributed by atoms with E-state index in [2.05, 4.69) is 15.3 Å². The monoisotopic (exact) mass is 297 g/mol. The van der Waals surface area contributed by atoms with Crippen LogP contribution in [0.1, 0.15) is 4.88 Å². The number of hydrogen-bond donors (Lipinski definition) is 1. The van der Waals surface area contributed by atoms with Gasteiger partial charge in [0.1, 0.15) is 12.4 Å². The number of aromatic nitrogens is 2. The van der Waals surface area contributed by atoms with Crippen LogP contribution in [-0.4, -0.2) is 17.0 Å². The molecule has 0 saturated carbocycles. The van der Waals surface area contributed by atoms with Gasteiger partial charge < -0.3 is 10.1 Å². The third-order valence-electron chi connectivity index (χ3n) is 2.93. The van der Waals surface area contributed by atoms with Gasteiger partial charge in [-0.1, -0.05) is 36.4 Å². The Morgan fingerprint density at radius 3 is 2.67 bits per heavy atom. The van der Waals surface area contributed by atoms with Gasteiger partial charge in [-0.15, -0.1) is 11.3 Å². The largest absolute Gasteiger partial charge is 0.472 e. The van der Waals surface area contributed by atoms with Crippen molar-refractivity contribution in [2.45, 2.75) is 6.61 Å².